The van der Waals surface area contributed by atoms with Crippen molar-refractivity contribution in [2.45, 2.75) is 32.7 Å². The average molecular weight is 387 g/mol. The number of aliphatic imine (C=N–C) groups is 1. The van der Waals surface area contributed by atoms with Gasteiger partial charge in [0.15, 0.2) is 5.96 Å². The summed E-state index contributed by atoms with van der Waals surface area (Å²) in [6.07, 6.45) is 2.21. The van der Waals surface area contributed by atoms with E-state index in [0.717, 1.165) is 47.2 Å². The summed E-state index contributed by atoms with van der Waals surface area (Å²) in [5, 5.41) is 10.2. The minimum atomic E-state index is 0.0477. The number of anilines is 1. The van der Waals surface area contributed by atoms with Crippen molar-refractivity contribution in [1.82, 2.24) is 10.6 Å². The number of carbonyl (C=O) groups is 1. The molecular weight excluding hydrogens is 360 g/mol. The number of hydrogen-bond acceptors (Lipinski definition) is 2. The molecule has 0 radical (unpaired) electrons. The summed E-state index contributed by atoms with van der Waals surface area (Å²) >= 11 is 6.18. The van der Waals surface area contributed by atoms with Crippen LogP contribution in [0.3, 0.4) is 0 Å². The molecule has 2 aromatic rings. The lowest BCUT2D eigenvalue weighted by molar-refractivity contribution is -0.116. The third kappa shape index (κ3) is 7.31. The highest BCUT2D eigenvalue weighted by Crippen LogP contribution is 2.14. The van der Waals surface area contributed by atoms with E-state index in [2.05, 4.69) is 20.9 Å². The number of halogens is 1. The SMILES string of the molecule is CCCC(=O)Nc1ccc(CNC(=NC)NCCc2ccccc2Cl)cc1. The van der Waals surface area contributed by atoms with Gasteiger partial charge in [-0.15, -0.1) is 0 Å². The zero-order chi connectivity index (χ0) is 19.5. The summed E-state index contributed by atoms with van der Waals surface area (Å²) in [7, 11) is 1.75. The van der Waals surface area contributed by atoms with Crippen LogP contribution in [0.25, 0.3) is 0 Å². The maximum absolute atomic E-state index is 11.6. The minimum Gasteiger partial charge on any atom is -0.356 e. The van der Waals surface area contributed by atoms with Gasteiger partial charge in [0.2, 0.25) is 5.91 Å². The normalized spacial score (nSPS) is 11.1. The van der Waals surface area contributed by atoms with E-state index in [1.807, 2.05) is 55.5 Å². The first-order valence-electron chi connectivity index (χ1n) is 9.19. The van der Waals surface area contributed by atoms with Crippen molar-refractivity contribution in [2.75, 3.05) is 18.9 Å². The van der Waals surface area contributed by atoms with Gasteiger partial charge in [0.05, 0.1) is 0 Å². The van der Waals surface area contributed by atoms with Crippen LogP contribution in [0.2, 0.25) is 5.02 Å². The van der Waals surface area contributed by atoms with Crippen molar-refractivity contribution < 1.29 is 4.79 Å². The van der Waals surface area contributed by atoms with E-state index in [4.69, 9.17) is 11.6 Å². The molecule has 0 spiro atoms. The lowest BCUT2D eigenvalue weighted by atomic mass is 10.1. The monoisotopic (exact) mass is 386 g/mol. The van der Waals surface area contributed by atoms with Crippen LogP contribution in [0.5, 0.6) is 0 Å². The fourth-order valence-electron chi connectivity index (χ4n) is 2.58. The van der Waals surface area contributed by atoms with Crippen LogP contribution in [0.15, 0.2) is 53.5 Å². The second-order valence-electron chi connectivity index (χ2n) is 6.19. The zero-order valence-corrected chi connectivity index (χ0v) is 16.6. The Morgan fingerprint density at radius 3 is 2.48 bits per heavy atom. The fraction of sp³-hybridized carbons (Fsp3) is 0.333. The van der Waals surface area contributed by atoms with E-state index in [0.29, 0.717) is 13.0 Å². The van der Waals surface area contributed by atoms with Crippen molar-refractivity contribution in [1.29, 1.82) is 0 Å². The molecule has 0 aliphatic heterocycles. The van der Waals surface area contributed by atoms with Gasteiger partial charge in [-0.2, -0.15) is 0 Å². The molecule has 0 fully saturated rings. The molecule has 0 saturated carbocycles. The van der Waals surface area contributed by atoms with Crippen LogP contribution in [0, 0.1) is 0 Å². The van der Waals surface area contributed by atoms with E-state index in [1.165, 1.54) is 0 Å². The Kier molecular flexibility index (Phi) is 8.65. The summed E-state index contributed by atoms with van der Waals surface area (Å²) in [6, 6.07) is 15.7. The molecule has 6 heteroatoms. The molecule has 5 nitrogen and oxygen atoms in total. The first kappa shape index (κ1) is 20.8. The number of nitrogens with one attached hydrogen (secondary N) is 3. The topological polar surface area (TPSA) is 65.5 Å². The fourth-order valence-corrected chi connectivity index (χ4v) is 2.81. The van der Waals surface area contributed by atoms with E-state index in [9.17, 15) is 4.79 Å². The lowest BCUT2D eigenvalue weighted by Gasteiger charge is -2.13. The highest BCUT2D eigenvalue weighted by Gasteiger charge is 2.03. The molecule has 0 atom stereocenters. The van der Waals surface area contributed by atoms with Crippen LogP contribution >= 0.6 is 11.6 Å². The van der Waals surface area contributed by atoms with Crippen molar-refractivity contribution in [2.24, 2.45) is 4.99 Å². The summed E-state index contributed by atoms with van der Waals surface area (Å²) in [5.74, 6) is 0.786. The van der Waals surface area contributed by atoms with E-state index in [1.54, 1.807) is 7.05 Å². The van der Waals surface area contributed by atoms with Gasteiger partial charge in [-0.1, -0.05) is 48.9 Å². The predicted octanol–water partition coefficient (Wildman–Crippen LogP) is 3.99. The molecule has 144 valence electrons. The Morgan fingerprint density at radius 1 is 1.07 bits per heavy atom. The third-order valence-electron chi connectivity index (χ3n) is 4.04. The highest BCUT2D eigenvalue weighted by molar-refractivity contribution is 6.31. The van der Waals surface area contributed by atoms with Gasteiger partial charge in [0.25, 0.3) is 0 Å². The largest absolute Gasteiger partial charge is 0.356 e. The maximum atomic E-state index is 11.6. The van der Waals surface area contributed by atoms with E-state index in [-0.39, 0.29) is 5.91 Å². The van der Waals surface area contributed by atoms with Crippen molar-refractivity contribution in [3.05, 3.63) is 64.7 Å². The molecule has 0 aliphatic carbocycles. The molecular formula is C21H27ClN4O. The van der Waals surface area contributed by atoms with Gasteiger partial charge in [-0.3, -0.25) is 9.79 Å². The number of benzene rings is 2. The van der Waals surface area contributed by atoms with Gasteiger partial charge < -0.3 is 16.0 Å². The summed E-state index contributed by atoms with van der Waals surface area (Å²) < 4.78 is 0. The van der Waals surface area contributed by atoms with Gasteiger partial charge in [-0.05, 0) is 42.2 Å². The number of amides is 1. The summed E-state index contributed by atoms with van der Waals surface area (Å²) in [4.78, 5) is 15.9. The molecule has 0 aromatic heterocycles. The predicted molar refractivity (Wildman–Crippen MR) is 113 cm³/mol. The molecule has 2 rings (SSSR count). The lowest BCUT2D eigenvalue weighted by Crippen LogP contribution is -2.37. The quantitative estimate of drug-likeness (QED) is 0.474. The number of carbonyl (C=O) groups excluding carboxylic acids is 1. The molecule has 0 unspecified atom stereocenters. The van der Waals surface area contributed by atoms with Crippen molar-refractivity contribution >= 4 is 29.2 Å². The number of hydrogen-bond donors (Lipinski definition) is 3. The summed E-state index contributed by atoms with van der Waals surface area (Å²) in [6.45, 7) is 3.38. The second-order valence-corrected chi connectivity index (χ2v) is 6.60. The standard InChI is InChI=1S/C21H27ClN4O/c1-3-6-20(27)26-18-11-9-16(10-12-18)15-25-21(23-2)24-14-13-17-7-4-5-8-19(17)22/h4-5,7-12H,3,6,13-15H2,1-2H3,(H,26,27)(H2,23,24,25). The number of rotatable bonds is 8. The van der Waals surface area contributed by atoms with Gasteiger partial charge in [0, 0.05) is 37.3 Å². The van der Waals surface area contributed by atoms with Crippen molar-refractivity contribution in [3.63, 3.8) is 0 Å². The Bertz CT molecular complexity index is 759. The van der Waals surface area contributed by atoms with Gasteiger partial charge in [-0.25, -0.2) is 0 Å². The molecule has 0 bridgehead atoms. The third-order valence-corrected chi connectivity index (χ3v) is 4.41. The van der Waals surface area contributed by atoms with Crippen LogP contribution in [0.1, 0.15) is 30.9 Å². The average Bonchev–Trinajstić information content (AvgIpc) is 2.67. The Labute approximate surface area is 166 Å². The van der Waals surface area contributed by atoms with Gasteiger partial charge in [0.1, 0.15) is 0 Å². The Morgan fingerprint density at radius 2 is 1.81 bits per heavy atom. The first-order valence-corrected chi connectivity index (χ1v) is 9.57. The molecule has 3 N–H and O–H groups in total. The van der Waals surface area contributed by atoms with Crippen LogP contribution in [-0.4, -0.2) is 25.5 Å². The van der Waals surface area contributed by atoms with Gasteiger partial charge >= 0.3 is 0 Å². The Hall–Kier alpha value is -2.53. The van der Waals surface area contributed by atoms with E-state index >= 15 is 0 Å². The van der Waals surface area contributed by atoms with Crippen LogP contribution in [0.4, 0.5) is 5.69 Å². The molecule has 0 heterocycles. The molecule has 0 aliphatic rings. The Balaban J connectivity index is 1.76. The second kappa shape index (κ2) is 11.2. The molecule has 2 aromatic carbocycles. The summed E-state index contributed by atoms with van der Waals surface area (Å²) in [5.41, 5.74) is 3.04. The van der Waals surface area contributed by atoms with Crippen LogP contribution < -0.4 is 16.0 Å². The first-order chi connectivity index (χ1) is 13.1. The zero-order valence-electron chi connectivity index (χ0n) is 15.9. The number of guanidine groups is 1. The molecule has 27 heavy (non-hydrogen) atoms. The maximum Gasteiger partial charge on any atom is 0.224 e. The highest BCUT2D eigenvalue weighted by atomic mass is 35.5. The van der Waals surface area contributed by atoms with E-state index < -0.39 is 0 Å². The molecule has 1 amide bonds. The molecule has 0 saturated heterocycles. The van der Waals surface area contributed by atoms with Crippen molar-refractivity contribution in [3.8, 4) is 0 Å². The number of nitrogens with zero attached hydrogens (tertiary/aromatic N) is 1. The van der Waals surface area contributed by atoms with Crippen LogP contribution in [-0.2, 0) is 17.8 Å². The minimum absolute atomic E-state index is 0.0477. The smallest absolute Gasteiger partial charge is 0.224 e.